The Morgan fingerprint density at radius 2 is 0.788 bits per heavy atom. The summed E-state index contributed by atoms with van der Waals surface area (Å²) in [7, 11) is 0. The van der Waals surface area contributed by atoms with E-state index in [9.17, 15) is 19.2 Å². The summed E-state index contributed by atoms with van der Waals surface area (Å²) >= 11 is 0. The van der Waals surface area contributed by atoms with Crippen molar-refractivity contribution in [3.05, 3.63) is 157 Å². The number of carbonyl (C=O) groups is 4. The van der Waals surface area contributed by atoms with Crippen molar-refractivity contribution in [3.63, 3.8) is 0 Å². The maximum atomic E-state index is 13.0. The predicted molar refractivity (Wildman–Crippen MR) is 193 cm³/mol. The van der Waals surface area contributed by atoms with E-state index in [2.05, 4.69) is 13.2 Å². The zero-order chi connectivity index (χ0) is 37.0. The van der Waals surface area contributed by atoms with Crippen molar-refractivity contribution in [2.24, 2.45) is 0 Å². The molecule has 0 N–H and O–H groups in total. The van der Waals surface area contributed by atoms with E-state index in [0.717, 1.165) is 34.4 Å². The summed E-state index contributed by atoms with van der Waals surface area (Å²) in [6.07, 6.45) is 2.12. The van der Waals surface area contributed by atoms with Crippen molar-refractivity contribution in [2.45, 2.75) is 13.8 Å². The third kappa shape index (κ3) is 9.39. The second kappa shape index (κ2) is 17.1. The minimum atomic E-state index is -0.570. The van der Waals surface area contributed by atoms with E-state index in [-0.39, 0.29) is 13.6 Å². The van der Waals surface area contributed by atoms with Crippen LogP contribution in [0.1, 0.15) is 31.8 Å². The van der Waals surface area contributed by atoms with Gasteiger partial charge < -0.3 is 28.4 Å². The minimum absolute atomic E-state index is 0.223. The Morgan fingerprint density at radius 1 is 0.481 bits per heavy atom. The van der Waals surface area contributed by atoms with Gasteiger partial charge in [0.25, 0.3) is 0 Å². The lowest BCUT2D eigenvalue weighted by molar-refractivity contribution is -0.145. The minimum Gasteiger partial charge on any atom is -0.457 e. The Kier molecular flexibility index (Phi) is 12.0. The molecule has 0 aliphatic rings. The molecule has 0 amide bonds. The monoisotopic (exact) mass is 698 g/mol. The number of hydrogen-bond acceptors (Lipinski definition) is 10. The lowest BCUT2D eigenvalue weighted by Gasteiger charge is -2.14. The lowest BCUT2D eigenvalue weighted by Crippen LogP contribution is -2.12. The molecule has 0 aliphatic carbocycles. The van der Waals surface area contributed by atoms with Gasteiger partial charge in [-0.25, -0.2) is 19.2 Å². The van der Waals surface area contributed by atoms with Gasteiger partial charge in [0.1, 0.15) is 23.0 Å². The summed E-state index contributed by atoms with van der Waals surface area (Å²) < 4.78 is 31.8. The quantitative estimate of drug-likeness (QED) is 0.0485. The normalized spacial score (nSPS) is 10.3. The van der Waals surface area contributed by atoms with Gasteiger partial charge in [-0.2, -0.15) is 0 Å². The molecule has 0 unspecified atom stereocenters. The van der Waals surface area contributed by atoms with E-state index in [4.69, 9.17) is 28.4 Å². The second-order valence-corrected chi connectivity index (χ2v) is 11.2. The summed E-state index contributed by atoms with van der Waals surface area (Å²) in [6.45, 7) is 9.79. The van der Waals surface area contributed by atoms with Crippen LogP contribution in [0.4, 0.5) is 0 Å². The Labute approximate surface area is 300 Å². The third-order valence-corrected chi connectivity index (χ3v) is 7.90. The van der Waals surface area contributed by atoms with Gasteiger partial charge in [-0.3, -0.25) is 0 Å². The Morgan fingerprint density at radius 3 is 1.10 bits per heavy atom. The molecule has 262 valence electrons. The van der Waals surface area contributed by atoms with Gasteiger partial charge in [0, 0.05) is 12.2 Å². The van der Waals surface area contributed by atoms with Crippen LogP contribution in [0, 0.1) is 13.8 Å². The fourth-order valence-corrected chi connectivity index (χ4v) is 4.82. The molecule has 0 atom stereocenters. The molecule has 0 heterocycles. The van der Waals surface area contributed by atoms with Gasteiger partial charge in [0.2, 0.25) is 13.6 Å². The van der Waals surface area contributed by atoms with Crippen molar-refractivity contribution in [1.82, 2.24) is 0 Å². The average molecular weight is 699 g/mol. The number of esters is 4. The van der Waals surface area contributed by atoms with E-state index in [1.807, 2.05) is 48.5 Å². The molecule has 10 heteroatoms. The summed E-state index contributed by atoms with van der Waals surface area (Å²) in [5.74, 6) is -0.458. The molecule has 0 fully saturated rings. The molecule has 5 rings (SSSR count). The molecule has 0 saturated carbocycles. The SMILES string of the molecule is C=CC(=O)OCOc1ccc(-c2ccc(C(=O)Oc3ccc(OC(=O)c4ccc(-c5ccc(OCOC(=O)C=C)cc5)cc4)c(C)c3C)cc2)cc1. The lowest BCUT2D eigenvalue weighted by atomic mass is 10.0. The number of benzene rings is 5. The second-order valence-electron chi connectivity index (χ2n) is 11.2. The molecule has 10 nitrogen and oxygen atoms in total. The standard InChI is InChI=1S/C42H34O10/c1-5-39(43)49-25-47-35-19-15-31(16-20-35)29-7-11-33(12-8-29)41(45)51-37-23-24-38(28(4)27(37)3)52-42(46)34-13-9-30(10-14-34)32-17-21-36(22-18-32)48-26-50-40(44)6-2/h5-24H,1-2,25-26H2,3-4H3. The van der Waals surface area contributed by atoms with Crippen LogP contribution in [0.3, 0.4) is 0 Å². The van der Waals surface area contributed by atoms with Crippen molar-refractivity contribution in [1.29, 1.82) is 0 Å². The van der Waals surface area contributed by atoms with E-state index in [1.165, 1.54) is 0 Å². The highest BCUT2D eigenvalue weighted by Gasteiger charge is 2.17. The van der Waals surface area contributed by atoms with Gasteiger partial charge in [0.15, 0.2) is 0 Å². The van der Waals surface area contributed by atoms with Gasteiger partial charge in [-0.05, 0) is 108 Å². The third-order valence-electron chi connectivity index (χ3n) is 7.90. The summed E-state index contributed by atoms with van der Waals surface area (Å²) in [5, 5.41) is 0. The highest BCUT2D eigenvalue weighted by Crippen LogP contribution is 2.31. The van der Waals surface area contributed by atoms with Crippen molar-refractivity contribution < 1.29 is 47.6 Å². The smallest absolute Gasteiger partial charge is 0.343 e. The van der Waals surface area contributed by atoms with Crippen LogP contribution in [0.15, 0.2) is 135 Å². The number of rotatable bonds is 14. The molecular weight excluding hydrogens is 664 g/mol. The zero-order valence-electron chi connectivity index (χ0n) is 28.5. The molecule has 0 aromatic heterocycles. The topological polar surface area (TPSA) is 124 Å². The van der Waals surface area contributed by atoms with Crippen LogP contribution < -0.4 is 18.9 Å². The van der Waals surface area contributed by atoms with Crippen LogP contribution in [0.25, 0.3) is 22.3 Å². The molecule has 0 aliphatic heterocycles. The fraction of sp³-hybridized carbons (Fsp3) is 0.0952. The van der Waals surface area contributed by atoms with Gasteiger partial charge in [-0.15, -0.1) is 0 Å². The molecule has 0 saturated heterocycles. The van der Waals surface area contributed by atoms with Crippen LogP contribution in [0.2, 0.25) is 0 Å². The van der Waals surface area contributed by atoms with E-state index in [0.29, 0.717) is 45.3 Å². The highest BCUT2D eigenvalue weighted by atomic mass is 16.7. The van der Waals surface area contributed by atoms with Crippen LogP contribution >= 0.6 is 0 Å². The Balaban J connectivity index is 1.15. The van der Waals surface area contributed by atoms with Crippen molar-refractivity contribution in [3.8, 4) is 45.3 Å². The van der Waals surface area contributed by atoms with E-state index in [1.54, 1.807) is 74.5 Å². The average Bonchev–Trinajstić information content (AvgIpc) is 3.18. The Hall–Kier alpha value is -6.94. The van der Waals surface area contributed by atoms with Crippen LogP contribution in [-0.2, 0) is 19.1 Å². The van der Waals surface area contributed by atoms with Gasteiger partial charge >= 0.3 is 23.9 Å². The predicted octanol–water partition coefficient (Wildman–Crippen LogP) is 8.21. The number of hydrogen-bond donors (Lipinski definition) is 0. The summed E-state index contributed by atoms with van der Waals surface area (Å²) in [4.78, 5) is 48.3. The summed E-state index contributed by atoms with van der Waals surface area (Å²) in [5.41, 5.74) is 5.56. The molecule has 5 aromatic carbocycles. The molecule has 0 radical (unpaired) electrons. The van der Waals surface area contributed by atoms with E-state index >= 15 is 0 Å². The summed E-state index contributed by atoms with van der Waals surface area (Å²) in [6, 6.07) is 31.5. The highest BCUT2D eigenvalue weighted by molar-refractivity contribution is 5.93. The van der Waals surface area contributed by atoms with Gasteiger partial charge in [-0.1, -0.05) is 61.7 Å². The first-order valence-electron chi connectivity index (χ1n) is 15.9. The molecule has 52 heavy (non-hydrogen) atoms. The molecule has 0 bridgehead atoms. The molecule has 5 aromatic rings. The Bertz CT molecular complexity index is 1930. The molecule has 0 spiro atoms. The first kappa shape index (κ1) is 36.3. The van der Waals surface area contributed by atoms with E-state index < -0.39 is 23.9 Å². The number of carbonyl (C=O) groups excluding carboxylic acids is 4. The van der Waals surface area contributed by atoms with Crippen molar-refractivity contribution >= 4 is 23.9 Å². The first-order valence-corrected chi connectivity index (χ1v) is 15.9. The molecular formula is C42H34O10. The zero-order valence-corrected chi connectivity index (χ0v) is 28.5. The fourth-order valence-electron chi connectivity index (χ4n) is 4.82. The maximum Gasteiger partial charge on any atom is 0.343 e. The van der Waals surface area contributed by atoms with Crippen LogP contribution in [-0.4, -0.2) is 37.5 Å². The number of ether oxygens (including phenoxy) is 6. The van der Waals surface area contributed by atoms with Gasteiger partial charge in [0.05, 0.1) is 11.1 Å². The van der Waals surface area contributed by atoms with Crippen LogP contribution in [0.5, 0.6) is 23.0 Å². The largest absolute Gasteiger partial charge is 0.457 e. The van der Waals surface area contributed by atoms with Crippen molar-refractivity contribution in [2.75, 3.05) is 13.6 Å². The maximum absolute atomic E-state index is 13.0. The first-order chi connectivity index (χ1) is 25.1.